The van der Waals surface area contributed by atoms with E-state index in [4.69, 9.17) is 10.2 Å². The zero-order chi connectivity index (χ0) is 8.62. The van der Waals surface area contributed by atoms with Crippen LogP contribution in [0.4, 0.5) is 0 Å². The monoisotopic (exact) mass is 142 g/mol. The fourth-order valence-electron chi connectivity index (χ4n) is 0.137. The largest absolute Gasteiger partial charge is 0.235 e. The Balaban J connectivity index is 0. The summed E-state index contributed by atoms with van der Waals surface area (Å²) in [5, 5.41) is 5.40. The lowest BCUT2D eigenvalue weighted by atomic mass is 10.1. The van der Waals surface area contributed by atoms with Gasteiger partial charge in [-0.1, -0.05) is 0 Å². The first-order valence-electron chi connectivity index (χ1n) is 2.61. The molecule has 0 spiro atoms. The van der Waals surface area contributed by atoms with Gasteiger partial charge in [0, 0.05) is 0 Å². The predicted octanol–water partition coefficient (Wildman–Crippen LogP) is 1.02. The highest BCUT2D eigenvalue weighted by atomic mass is 16.1. The van der Waals surface area contributed by atoms with Crippen LogP contribution in [0.5, 0.6) is 0 Å². The Morgan fingerprint density at radius 3 is 1.60 bits per heavy atom. The highest BCUT2D eigenvalue weighted by Crippen LogP contribution is 2.02. The standard InChI is InChI=1S/C5H9NO.CHNO/c1-5(2,3)6-4-7;2-1-3/h1-3H3;2H. The molecule has 0 aromatic heterocycles. The molecule has 0 fully saturated rings. The van der Waals surface area contributed by atoms with Crippen molar-refractivity contribution in [1.29, 1.82) is 5.41 Å². The van der Waals surface area contributed by atoms with Crippen LogP contribution in [0.1, 0.15) is 20.8 Å². The second-order valence-electron chi connectivity index (χ2n) is 2.48. The number of rotatable bonds is 0. The topological polar surface area (TPSA) is 70.3 Å². The van der Waals surface area contributed by atoms with E-state index in [0.717, 1.165) is 6.08 Å². The van der Waals surface area contributed by atoms with Crippen molar-refractivity contribution in [2.24, 2.45) is 4.99 Å². The number of nitrogens with zero attached hydrogens (tertiary/aromatic N) is 1. The van der Waals surface area contributed by atoms with Crippen LogP contribution in [0.2, 0.25) is 0 Å². The summed E-state index contributed by atoms with van der Waals surface area (Å²) in [7, 11) is 0. The van der Waals surface area contributed by atoms with Crippen LogP contribution in [-0.4, -0.2) is 17.7 Å². The summed E-state index contributed by atoms with van der Waals surface area (Å²) in [6.45, 7) is 5.54. The van der Waals surface area contributed by atoms with Crippen LogP contribution in [0.15, 0.2) is 4.99 Å². The number of hydrogen-bond donors (Lipinski definition) is 1. The van der Waals surface area contributed by atoms with Crippen molar-refractivity contribution in [1.82, 2.24) is 0 Å². The van der Waals surface area contributed by atoms with Gasteiger partial charge < -0.3 is 0 Å². The minimum absolute atomic E-state index is 0.248. The summed E-state index contributed by atoms with van der Waals surface area (Å²) in [6, 6.07) is 0. The lowest BCUT2D eigenvalue weighted by molar-refractivity contribution is 0.535. The van der Waals surface area contributed by atoms with Crippen LogP contribution in [0.25, 0.3) is 0 Å². The van der Waals surface area contributed by atoms with Gasteiger partial charge in [0.25, 0.3) is 0 Å². The molecule has 0 amide bonds. The first-order valence-corrected chi connectivity index (χ1v) is 2.61. The van der Waals surface area contributed by atoms with Crippen LogP contribution >= 0.6 is 0 Å². The van der Waals surface area contributed by atoms with Gasteiger partial charge >= 0.3 is 0 Å². The average Bonchev–Trinajstić information content (AvgIpc) is 1.63. The maximum absolute atomic E-state index is 9.53. The molecule has 0 aliphatic carbocycles. The maximum Gasteiger partial charge on any atom is 0.235 e. The first kappa shape index (κ1) is 11.5. The molecule has 4 heteroatoms. The quantitative estimate of drug-likeness (QED) is 0.405. The number of hydrogen-bond acceptors (Lipinski definition) is 4. The fraction of sp³-hybridized carbons (Fsp3) is 0.667. The van der Waals surface area contributed by atoms with E-state index in [9.17, 15) is 4.79 Å². The zero-order valence-corrected chi connectivity index (χ0v) is 6.26. The van der Waals surface area contributed by atoms with E-state index in [-0.39, 0.29) is 5.54 Å². The molecular weight excluding hydrogens is 132 g/mol. The van der Waals surface area contributed by atoms with Crippen molar-refractivity contribution < 1.29 is 9.59 Å². The molecule has 0 saturated heterocycles. The van der Waals surface area contributed by atoms with Crippen molar-refractivity contribution >= 4 is 12.2 Å². The van der Waals surface area contributed by atoms with Gasteiger partial charge in [0.1, 0.15) is 0 Å². The normalized spacial score (nSPS) is 7.90. The van der Waals surface area contributed by atoms with Gasteiger partial charge in [-0.15, -0.1) is 0 Å². The molecule has 1 N–H and O–H groups in total. The Morgan fingerprint density at radius 2 is 1.60 bits per heavy atom. The van der Waals surface area contributed by atoms with E-state index < -0.39 is 0 Å². The van der Waals surface area contributed by atoms with E-state index in [2.05, 4.69) is 4.99 Å². The van der Waals surface area contributed by atoms with E-state index in [1.807, 2.05) is 20.8 Å². The van der Waals surface area contributed by atoms with Crippen molar-refractivity contribution in [3.8, 4) is 0 Å². The smallest absolute Gasteiger partial charge is 0.222 e. The molecule has 0 aromatic carbocycles. The van der Waals surface area contributed by atoms with Gasteiger partial charge in [0.05, 0.1) is 5.54 Å². The summed E-state index contributed by atoms with van der Waals surface area (Å²) in [4.78, 5) is 21.3. The highest BCUT2D eigenvalue weighted by Gasteiger charge is 2.04. The fourth-order valence-corrected chi connectivity index (χ4v) is 0.137. The van der Waals surface area contributed by atoms with Gasteiger partial charge in [-0.05, 0) is 20.8 Å². The summed E-state index contributed by atoms with van der Waals surface area (Å²) >= 11 is 0. The molecule has 0 bridgehead atoms. The Hall–Kier alpha value is -1.24. The molecule has 0 rings (SSSR count). The minimum Gasteiger partial charge on any atom is -0.222 e. The molecule has 0 atom stereocenters. The summed E-state index contributed by atoms with van der Waals surface area (Å²) in [5.74, 6) is 0. The summed E-state index contributed by atoms with van der Waals surface area (Å²) < 4.78 is 0. The Bertz CT molecular complexity index is 157. The van der Waals surface area contributed by atoms with Gasteiger partial charge in [-0.25, -0.2) is 20.0 Å². The average molecular weight is 142 g/mol. The molecule has 0 aliphatic heterocycles. The molecule has 4 nitrogen and oxygen atoms in total. The van der Waals surface area contributed by atoms with Crippen molar-refractivity contribution in [2.75, 3.05) is 0 Å². The first-order chi connectivity index (χ1) is 4.47. The van der Waals surface area contributed by atoms with Crippen LogP contribution in [0, 0.1) is 5.41 Å². The zero-order valence-electron chi connectivity index (χ0n) is 6.26. The lowest BCUT2D eigenvalue weighted by Crippen LogP contribution is -2.07. The van der Waals surface area contributed by atoms with Crippen LogP contribution < -0.4 is 0 Å². The number of aliphatic imine (C=N–C) groups is 1. The molecule has 0 aliphatic rings. The van der Waals surface area contributed by atoms with E-state index >= 15 is 0 Å². The predicted molar refractivity (Wildman–Crippen MR) is 36.3 cm³/mol. The van der Waals surface area contributed by atoms with E-state index in [0.29, 0.717) is 0 Å². The van der Waals surface area contributed by atoms with E-state index in [1.165, 1.54) is 6.08 Å². The molecule has 0 heterocycles. The van der Waals surface area contributed by atoms with Gasteiger partial charge in [-0.3, -0.25) is 0 Å². The van der Waals surface area contributed by atoms with Crippen molar-refractivity contribution in [2.45, 2.75) is 26.3 Å². The highest BCUT2D eigenvalue weighted by molar-refractivity contribution is 5.34. The number of carbonyl (C=O) groups excluding carboxylic acids is 2. The van der Waals surface area contributed by atoms with Crippen LogP contribution in [-0.2, 0) is 9.59 Å². The number of isocyanates is 2. The SMILES string of the molecule is CC(C)(C)N=C=O.N=C=O. The lowest BCUT2D eigenvalue weighted by Gasteiger charge is -2.05. The van der Waals surface area contributed by atoms with Gasteiger partial charge in [0.2, 0.25) is 12.2 Å². The third kappa shape index (κ3) is 29.4. The summed E-state index contributed by atoms with van der Waals surface area (Å²) in [5.41, 5.74) is -0.248. The Morgan fingerprint density at radius 1 is 1.30 bits per heavy atom. The van der Waals surface area contributed by atoms with Crippen LogP contribution in [0.3, 0.4) is 0 Å². The molecule has 0 radical (unpaired) electrons. The molecule has 56 valence electrons. The van der Waals surface area contributed by atoms with Crippen molar-refractivity contribution in [3.63, 3.8) is 0 Å². The summed E-state index contributed by atoms with van der Waals surface area (Å²) in [6.07, 6.45) is 2.23. The third-order valence-corrected chi connectivity index (χ3v) is 0.381. The third-order valence-electron chi connectivity index (χ3n) is 0.381. The Labute approximate surface area is 59.5 Å². The van der Waals surface area contributed by atoms with E-state index in [1.54, 1.807) is 0 Å². The molecule has 0 aromatic rings. The van der Waals surface area contributed by atoms with Crippen molar-refractivity contribution in [3.05, 3.63) is 0 Å². The second-order valence-corrected chi connectivity index (χ2v) is 2.48. The molecule has 0 saturated carbocycles. The van der Waals surface area contributed by atoms with Gasteiger partial charge in [-0.2, -0.15) is 0 Å². The second kappa shape index (κ2) is 5.89. The maximum atomic E-state index is 9.53. The molecule has 0 unspecified atom stereocenters. The molecular formula is C6H10N2O2. The Kier molecular flexibility index (Phi) is 6.80. The minimum atomic E-state index is -0.248. The van der Waals surface area contributed by atoms with Gasteiger partial charge in [0.15, 0.2) is 0 Å². The number of nitrogens with one attached hydrogen (secondary N) is 1. The molecule has 10 heavy (non-hydrogen) atoms.